The number of alkyl halides is 1. The molecule has 2 atom stereocenters. The molecular weight excluding hydrogens is 339 g/mol. The lowest BCUT2D eigenvalue weighted by atomic mass is 10.1. The van der Waals surface area contributed by atoms with Crippen LogP contribution >= 0.6 is 11.3 Å². The summed E-state index contributed by atoms with van der Waals surface area (Å²) in [6.45, 7) is 0. The van der Waals surface area contributed by atoms with Crippen LogP contribution in [0.15, 0.2) is 42.7 Å². The summed E-state index contributed by atoms with van der Waals surface area (Å²) in [5.41, 5.74) is 3.73. The zero-order chi connectivity index (χ0) is 17.0. The molecule has 3 heterocycles. The topological polar surface area (TPSA) is 70.7 Å². The second-order valence-corrected chi connectivity index (χ2v) is 7.22. The van der Waals surface area contributed by atoms with Crippen LogP contribution in [0.25, 0.3) is 32.4 Å². The first-order valence-electron chi connectivity index (χ1n) is 7.96. The fourth-order valence-electron chi connectivity index (χ4n) is 2.89. The third-order valence-electron chi connectivity index (χ3n) is 4.40. The zero-order valence-corrected chi connectivity index (χ0v) is 13.8. The van der Waals surface area contributed by atoms with Crippen molar-refractivity contribution in [1.29, 1.82) is 0 Å². The van der Waals surface area contributed by atoms with E-state index in [-0.39, 0.29) is 5.91 Å². The highest BCUT2D eigenvalue weighted by Gasteiger charge is 2.43. The van der Waals surface area contributed by atoms with Crippen LogP contribution in [0.3, 0.4) is 0 Å². The standard InChI is InChI=1S/C18H13FN4OS/c19-13-7-12(13)17(24)23-18-22-14-2-1-9(6-15(14)25-18)11-5-10-3-4-20-16(10)21-8-11/h1-6,8,12-13H,7H2,(H,20,21)(H,22,23,24)/t12-,13+/m1/s1. The minimum atomic E-state index is -1.00. The van der Waals surface area contributed by atoms with Crippen molar-refractivity contribution in [3.63, 3.8) is 0 Å². The number of pyridine rings is 1. The first-order valence-corrected chi connectivity index (χ1v) is 8.78. The molecule has 2 N–H and O–H groups in total. The number of hydrogen-bond acceptors (Lipinski definition) is 4. The summed E-state index contributed by atoms with van der Waals surface area (Å²) in [6.07, 6.45) is 3.01. The first kappa shape index (κ1) is 14.5. The summed E-state index contributed by atoms with van der Waals surface area (Å²) in [6, 6.07) is 10.0. The van der Waals surface area contributed by atoms with Gasteiger partial charge in [0.15, 0.2) is 5.13 Å². The van der Waals surface area contributed by atoms with Crippen LogP contribution < -0.4 is 5.32 Å². The number of carbonyl (C=O) groups is 1. The molecule has 7 heteroatoms. The van der Waals surface area contributed by atoms with Gasteiger partial charge in [-0.15, -0.1) is 0 Å². The predicted octanol–water partition coefficient (Wildman–Crippen LogP) is 4.14. The molecule has 1 fully saturated rings. The third-order valence-corrected chi connectivity index (χ3v) is 5.33. The average Bonchev–Trinajstić information content (AvgIpc) is 3.02. The number of aromatic nitrogens is 3. The van der Waals surface area contributed by atoms with Gasteiger partial charge in [0, 0.05) is 23.3 Å². The number of nitrogens with one attached hydrogen (secondary N) is 2. The second-order valence-electron chi connectivity index (χ2n) is 6.19. The van der Waals surface area contributed by atoms with Crippen molar-refractivity contribution in [3.05, 3.63) is 42.7 Å². The molecule has 1 amide bonds. The molecular formula is C18H13FN4OS. The van der Waals surface area contributed by atoms with Gasteiger partial charge in [-0.05, 0) is 36.2 Å². The van der Waals surface area contributed by atoms with Crippen LogP contribution in [0.1, 0.15) is 6.42 Å². The summed E-state index contributed by atoms with van der Waals surface area (Å²) in [4.78, 5) is 23.8. The van der Waals surface area contributed by atoms with Crippen LogP contribution in [0.5, 0.6) is 0 Å². The van der Waals surface area contributed by atoms with Crippen molar-refractivity contribution >= 4 is 43.6 Å². The number of anilines is 1. The average molecular weight is 352 g/mol. The number of aromatic amines is 1. The Labute approximate surface area is 145 Å². The number of amides is 1. The van der Waals surface area contributed by atoms with Gasteiger partial charge in [-0.2, -0.15) is 0 Å². The molecule has 1 saturated carbocycles. The smallest absolute Gasteiger partial charge is 0.232 e. The fraction of sp³-hybridized carbons (Fsp3) is 0.167. The molecule has 25 heavy (non-hydrogen) atoms. The lowest BCUT2D eigenvalue weighted by Crippen LogP contribution is -2.14. The van der Waals surface area contributed by atoms with E-state index in [0.717, 1.165) is 32.4 Å². The van der Waals surface area contributed by atoms with Gasteiger partial charge < -0.3 is 10.3 Å². The van der Waals surface area contributed by atoms with Crippen LogP contribution in [-0.2, 0) is 4.79 Å². The summed E-state index contributed by atoms with van der Waals surface area (Å²) in [7, 11) is 0. The zero-order valence-electron chi connectivity index (χ0n) is 13.0. The van der Waals surface area contributed by atoms with E-state index in [1.54, 1.807) is 0 Å². The number of nitrogens with zero attached hydrogens (tertiary/aromatic N) is 2. The van der Waals surface area contributed by atoms with Gasteiger partial charge in [-0.3, -0.25) is 4.79 Å². The minimum Gasteiger partial charge on any atom is -0.346 e. The number of carbonyl (C=O) groups excluding carboxylic acids is 1. The summed E-state index contributed by atoms with van der Waals surface area (Å²) in [5.74, 6) is -0.796. The maximum atomic E-state index is 13.0. The molecule has 0 bridgehead atoms. The monoisotopic (exact) mass is 352 g/mol. The van der Waals surface area contributed by atoms with E-state index in [2.05, 4.69) is 26.3 Å². The molecule has 0 radical (unpaired) electrons. The van der Waals surface area contributed by atoms with Gasteiger partial charge in [-0.25, -0.2) is 14.4 Å². The molecule has 5 nitrogen and oxygen atoms in total. The van der Waals surface area contributed by atoms with E-state index in [1.165, 1.54) is 11.3 Å². The Morgan fingerprint density at radius 2 is 2.16 bits per heavy atom. The number of rotatable bonds is 3. The van der Waals surface area contributed by atoms with Crippen LogP contribution in [0, 0.1) is 5.92 Å². The van der Waals surface area contributed by atoms with Crippen molar-refractivity contribution in [2.75, 3.05) is 5.32 Å². The Morgan fingerprint density at radius 1 is 1.28 bits per heavy atom. The molecule has 5 rings (SSSR count). The molecule has 0 spiro atoms. The van der Waals surface area contributed by atoms with Crippen molar-refractivity contribution in [2.24, 2.45) is 5.92 Å². The highest BCUT2D eigenvalue weighted by molar-refractivity contribution is 7.22. The van der Waals surface area contributed by atoms with Gasteiger partial charge in [-0.1, -0.05) is 17.4 Å². The summed E-state index contributed by atoms with van der Waals surface area (Å²) in [5, 5.41) is 4.28. The third kappa shape index (κ3) is 2.56. The molecule has 1 aliphatic carbocycles. The van der Waals surface area contributed by atoms with Crippen LogP contribution in [0.4, 0.5) is 9.52 Å². The molecule has 0 unspecified atom stereocenters. The van der Waals surface area contributed by atoms with Gasteiger partial charge in [0.2, 0.25) is 5.91 Å². The molecule has 0 saturated heterocycles. The van der Waals surface area contributed by atoms with E-state index < -0.39 is 12.1 Å². The summed E-state index contributed by atoms with van der Waals surface area (Å²) < 4.78 is 13.9. The summed E-state index contributed by atoms with van der Waals surface area (Å²) >= 11 is 1.39. The normalized spacial score (nSPS) is 19.4. The van der Waals surface area contributed by atoms with Gasteiger partial charge in [0.25, 0.3) is 0 Å². The molecule has 3 aromatic heterocycles. The number of hydrogen-bond donors (Lipinski definition) is 2. The SMILES string of the molecule is O=C(Nc1nc2ccc(-c3cnc4[nH]ccc4c3)cc2s1)[C@@H]1C[C@@H]1F. The Kier molecular flexibility index (Phi) is 3.11. The Morgan fingerprint density at radius 3 is 3.00 bits per heavy atom. The Hall–Kier alpha value is -2.80. The highest BCUT2D eigenvalue weighted by Crippen LogP contribution is 2.36. The Balaban J connectivity index is 1.47. The Bertz CT molecular complexity index is 1120. The van der Waals surface area contributed by atoms with Gasteiger partial charge in [0.05, 0.1) is 16.1 Å². The van der Waals surface area contributed by atoms with Gasteiger partial charge in [0.1, 0.15) is 11.8 Å². The highest BCUT2D eigenvalue weighted by atomic mass is 32.1. The van der Waals surface area contributed by atoms with E-state index >= 15 is 0 Å². The maximum absolute atomic E-state index is 13.0. The van der Waals surface area contributed by atoms with Crippen molar-refractivity contribution in [2.45, 2.75) is 12.6 Å². The lowest BCUT2D eigenvalue weighted by molar-refractivity contribution is -0.117. The van der Waals surface area contributed by atoms with Crippen molar-refractivity contribution in [1.82, 2.24) is 15.0 Å². The molecule has 124 valence electrons. The number of halogens is 1. The number of thiazole rings is 1. The van der Waals surface area contributed by atoms with E-state index in [1.807, 2.05) is 36.7 Å². The van der Waals surface area contributed by atoms with E-state index in [0.29, 0.717) is 11.6 Å². The van der Waals surface area contributed by atoms with Crippen LogP contribution in [-0.4, -0.2) is 27.0 Å². The molecule has 0 aliphatic heterocycles. The molecule has 4 aromatic rings. The predicted molar refractivity (Wildman–Crippen MR) is 96.3 cm³/mol. The van der Waals surface area contributed by atoms with E-state index in [4.69, 9.17) is 0 Å². The van der Waals surface area contributed by atoms with Gasteiger partial charge >= 0.3 is 0 Å². The number of benzene rings is 1. The lowest BCUT2D eigenvalue weighted by Gasteiger charge is -2.01. The van der Waals surface area contributed by atoms with E-state index in [9.17, 15) is 9.18 Å². The number of fused-ring (bicyclic) bond motifs is 2. The fourth-order valence-corrected chi connectivity index (χ4v) is 3.80. The quantitative estimate of drug-likeness (QED) is 0.582. The molecule has 1 aliphatic rings. The van der Waals surface area contributed by atoms with Crippen molar-refractivity contribution < 1.29 is 9.18 Å². The van der Waals surface area contributed by atoms with Crippen molar-refractivity contribution in [3.8, 4) is 11.1 Å². The maximum Gasteiger partial charge on any atom is 0.232 e. The van der Waals surface area contributed by atoms with Crippen LogP contribution in [0.2, 0.25) is 0 Å². The molecule has 1 aromatic carbocycles. The largest absolute Gasteiger partial charge is 0.346 e. The minimum absolute atomic E-state index is 0.283. The second kappa shape index (κ2) is 5.35. The number of H-pyrrole nitrogens is 1. The first-order chi connectivity index (χ1) is 12.2.